The van der Waals surface area contributed by atoms with Gasteiger partial charge in [-0.2, -0.15) is 5.10 Å². The van der Waals surface area contributed by atoms with Crippen LogP contribution in [0, 0.1) is 10.1 Å². The average molecular weight is 385 g/mol. The Morgan fingerprint density at radius 2 is 2.11 bits per heavy atom. The number of hydrogen-bond donors (Lipinski definition) is 1. The maximum absolute atomic E-state index is 11.9. The lowest BCUT2D eigenvalue weighted by atomic mass is 10.2. The SMILES string of the molecule is O=C(COc1cccc2cccnc12)N/N=C/c1ccc(Cl)c([N+](=O)[O-])c1. The second-order valence-corrected chi connectivity index (χ2v) is 5.79. The molecule has 9 heteroatoms. The highest BCUT2D eigenvalue weighted by atomic mass is 35.5. The predicted molar refractivity (Wildman–Crippen MR) is 101 cm³/mol. The van der Waals surface area contributed by atoms with Gasteiger partial charge in [0.15, 0.2) is 6.61 Å². The minimum atomic E-state index is -0.593. The van der Waals surface area contributed by atoms with E-state index < -0.39 is 10.8 Å². The van der Waals surface area contributed by atoms with Gasteiger partial charge in [0.05, 0.1) is 11.1 Å². The first-order chi connectivity index (χ1) is 13.0. The zero-order chi connectivity index (χ0) is 19.2. The number of carbonyl (C=O) groups excluding carboxylic acids is 1. The number of pyridine rings is 1. The molecule has 0 saturated carbocycles. The molecule has 0 fully saturated rings. The Morgan fingerprint density at radius 3 is 2.93 bits per heavy atom. The van der Waals surface area contributed by atoms with Crippen molar-refractivity contribution in [1.29, 1.82) is 0 Å². The largest absolute Gasteiger partial charge is 0.481 e. The van der Waals surface area contributed by atoms with E-state index in [0.717, 1.165) is 5.39 Å². The molecule has 0 spiro atoms. The lowest BCUT2D eigenvalue weighted by molar-refractivity contribution is -0.384. The summed E-state index contributed by atoms with van der Waals surface area (Å²) in [6.45, 7) is -0.256. The molecule has 3 aromatic rings. The van der Waals surface area contributed by atoms with Crippen molar-refractivity contribution in [2.24, 2.45) is 5.10 Å². The number of nitrogens with zero attached hydrogens (tertiary/aromatic N) is 3. The Kier molecular flexibility index (Phi) is 5.58. The van der Waals surface area contributed by atoms with E-state index in [9.17, 15) is 14.9 Å². The maximum Gasteiger partial charge on any atom is 0.288 e. The molecule has 0 aliphatic carbocycles. The van der Waals surface area contributed by atoms with Crippen LogP contribution in [0.2, 0.25) is 5.02 Å². The normalized spacial score (nSPS) is 10.9. The second-order valence-electron chi connectivity index (χ2n) is 5.38. The number of nitro groups is 1. The number of ether oxygens (including phenoxy) is 1. The molecule has 1 amide bonds. The highest BCUT2D eigenvalue weighted by Gasteiger charge is 2.12. The molecule has 27 heavy (non-hydrogen) atoms. The van der Waals surface area contributed by atoms with Gasteiger partial charge in [0.2, 0.25) is 0 Å². The summed E-state index contributed by atoms with van der Waals surface area (Å²) in [5, 5.41) is 15.5. The third-order valence-electron chi connectivity index (χ3n) is 3.52. The van der Waals surface area contributed by atoms with Crippen LogP contribution in [-0.2, 0) is 4.79 Å². The molecule has 0 saturated heterocycles. The van der Waals surface area contributed by atoms with Crippen LogP contribution in [0.3, 0.4) is 0 Å². The number of halogens is 1. The smallest absolute Gasteiger partial charge is 0.288 e. The van der Waals surface area contributed by atoms with Crippen LogP contribution in [0.1, 0.15) is 5.56 Å². The zero-order valence-corrected chi connectivity index (χ0v) is 14.6. The van der Waals surface area contributed by atoms with Gasteiger partial charge >= 0.3 is 0 Å². The summed E-state index contributed by atoms with van der Waals surface area (Å²) >= 11 is 5.74. The quantitative estimate of drug-likeness (QED) is 0.398. The van der Waals surface area contributed by atoms with Gasteiger partial charge < -0.3 is 4.74 Å². The van der Waals surface area contributed by atoms with Crippen molar-refractivity contribution in [2.45, 2.75) is 0 Å². The summed E-state index contributed by atoms with van der Waals surface area (Å²) < 4.78 is 5.49. The molecular weight excluding hydrogens is 372 g/mol. The average Bonchev–Trinajstić information content (AvgIpc) is 2.67. The van der Waals surface area contributed by atoms with Crippen LogP contribution in [0.15, 0.2) is 59.8 Å². The van der Waals surface area contributed by atoms with Crippen molar-refractivity contribution >= 4 is 40.3 Å². The van der Waals surface area contributed by atoms with Gasteiger partial charge in [-0.25, -0.2) is 5.43 Å². The molecule has 8 nitrogen and oxygen atoms in total. The van der Waals surface area contributed by atoms with Crippen LogP contribution in [0.5, 0.6) is 5.75 Å². The number of hydrogen-bond acceptors (Lipinski definition) is 6. The summed E-state index contributed by atoms with van der Waals surface area (Å²) in [4.78, 5) is 26.4. The Hall–Kier alpha value is -3.52. The van der Waals surface area contributed by atoms with E-state index in [1.807, 2.05) is 24.3 Å². The first-order valence-electron chi connectivity index (χ1n) is 7.77. The molecule has 0 aliphatic rings. The summed E-state index contributed by atoms with van der Waals surface area (Å²) in [6.07, 6.45) is 2.92. The Balaban J connectivity index is 1.59. The van der Waals surface area contributed by atoms with Gasteiger partial charge in [0, 0.05) is 23.2 Å². The number of nitrogens with one attached hydrogen (secondary N) is 1. The molecule has 2 aromatic carbocycles. The molecule has 1 N–H and O–H groups in total. The van der Waals surface area contributed by atoms with E-state index in [-0.39, 0.29) is 17.3 Å². The fourth-order valence-electron chi connectivity index (χ4n) is 2.30. The molecule has 136 valence electrons. The Morgan fingerprint density at radius 1 is 1.30 bits per heavy atom. The van der Waals surface area contributed by atoms with Crippen LogP contribution in [-0.4, -0.2) is 28.6 Å². The van der Waals surface area contributed by atoms with Crippen molar-refractivity contribution < 1.29 is 14.5 Å². The van der Waals surface area contributed by atoms with E-state index in [1.54, 1.807) is 18.3 Å². The molecular formula is C18H13ClN4O4. The number of hydrazone groups is 1. The van der Waals surface area contributed by atoms with Crippen LogP contribution >= 0.6 is 11.6 Å². The summed E-state index contributed by atoms with van der Waals surface area (Å²) in [7, 11) is 0. The topological polar surface area (TPSA) is 107 Å². The lowest BCUT2D eigenvalue weighted by Gasteiger charge is -2.07. The van der Waals surface area contributed by atoms with Crippen LogP contribution in [0.25, 0.3) is 10.9 Å². The number of fused-ring (bicyclic) bond motifs is 1. The predicted octanol–water partition coefficient (Wildman–Crippen LogP) is 3.33. The molecule has 1 heterocycles. The van der Waals surface area contributed by atoms with Gasteiger partial charge in [-0.3, -0.25) is 19.9 Å². The number of nitro benzene ring substituents is 1. The summed E-state index contributed by atoms with van der Waals surface area (Å²) in [5.74, 6) is 0.00297. The number of rotatable bonds is 6. The summed E-state index contributed by atoms with van der Waals surface area (Å²) in [5.41, 5.74) is 3.14. The number of carbonyl (C=O) groups is 1. The van der Waals surface area contributed by atoms with Gasteiger partial charge in [-0.05, 0) is 18.2 Å². The monoisotopic (exact) mass is 384 g/mol. The van der Waals surface area contributed by atoms with Gasteiger partial charge in [0.1, 0.15) is 16.3 Å². The van der Waals surface area contributed by atoms with Crippen molar-refractivity contribution in [3.8, 4) is 5.75 Å². The fourth-order valence-corrected chi connectivity index (χ4v) is 2.48. The third-order valence-corrected chi connectivity index (χ3v) is 3.84. The Bertz CT molecular complexity index is 1030. The lowest BCUT2D eigenvalue weighted by Crippen LogP contribution is -2.24. The molecule has 0 aliphatic heterocycles. The zero-order valence-electron chi connectivity index (χ0n) is 13.8. The number of aromatic nitrogens is 1. The van der Waals surface area contributed by atoms with Crippen molar-refractivity contribution in [1.82, 2.24) is 10.4 Å². The Labute approximate surface area is 158 Å². The molecule has 0 unspecified atom stereocenters. The molecule has 3 rings (SSSR count). The van der Waals surface area contributed by atoms with Crippen LogP contribution in [0.4, 0.5) is 5.69 Å². The number of amides is 1. The van der Waals surface area contributed by atoms with Crippen molar-refractivity contribution in [2.75, 3.05) is 6.61 Å². The van der Waals surface area contributed by atoms with E-state index >= 15 is 0 Å². The van der Waals surface area contributed by atoms with Crippen LogP contribution < -0.4 is 10.2 Å². The number of para-hydroxylation sites is 1. The standard InChI is InChI=1S/C18H13ClN4O4/c19-14-7-6-12(9-15(14)23(25)26)10-21-22-17(24)11-27-16-5-1-3-13-4-2-8-20-18(13)16/h1-10H,11H2,(H,22,24)/b21-10+. The highest BCUT2D eigenvalue weighted by Crippen LogP contribution is 2.24. The van der Waals surface area contributed by atoms with Crippen molar-refractivity contribution in [3.63, 3.8) is 0 Å². The van der Waals surface area contributed by atoms with E-state index in [2.05, 4.69) is 15.5 Å². The minimum absolute atomic E-state index is 0.0262. The molecule has 1 aromatic heterocycles. The minimum Gasteiger partial charge on any atom is -0.481 e. The fraction of sp³-hybridized carbons (Fsp3) is 0.0556. The summed E-state index contributed by atoms with van der Waals surface area (Å²) in [6, 6.07) is 13.3. The van der Waals surface area contributed by atoms with Gasteiger partial charge in [0.25, 0.3) is 11.6 Å². The van der Waals surface area contributed by atoms with E-state index in [4.69, 9.17) is 16.3 Å². The number of benzene rings is 2. The second kappa shape index (κ2) is 8.24. The van der Waals surface area contributed by atoms with Crippen molar-refractivity contribution in [3.05, 3.63) is 75.4 Å². The van der Waals surface area contributed by atoms with E-state index in [1.165, 1.54) is 18.3 Å². The first-order valence-corrected chi connectivity index (χ1v) is 8.15. The molecule has 0 atom stereocenters. The third kappa shape index (κ3) is 4.56. The maximum atomic E-state index is 11.9. The van der Waals surface area contributed by atoms with Gasteiger partial charge in [-0.1, -0.05) is 35.9 Å². The molecule has 0 radical (unpaired) electrons. The van der Waals surface area contributed by atoms with E-state index in [0.29, 0.717) is 16.8 Å². The van der Waals surface area contributed by atoms with Gasteiger partial charge in [-0.15, -0.1) is 0 Å². The molecule has 0 bridgehead atoms. The first kappa shape index (κ1) is 18.3. The highest BCUT2D eigenvalue weighted by molar-refractivity contribution is 6.32.